The molecule has 1 fully saturated rings. The number of rotatable bonds is 5. The maximum atomic E-state index is 12.5. The van der Waals surface area contributed by atoms with E-state index in [9.17, 15) is 13.2 Å². The minimum absolute atomic E-state index is 0.0139. The number of nitrogen functional groups attached to an aromatic ring is 1. The molecule has 0 saturated heterocycles. The summed E-state index contributed by atoms with van der Waals surface area (Å²) in [6.45, 7) is 1.84. The molecule has 0 bridgehead atoms. The molecular formula is C14H20N2O4S. The van der Waals surface area contributed by atoms with E-state index >= 15 is 0 Å². The van der Waals surface area contributed by atoms with Gasteiger partial charge in [0.1, 0.15) is 0 Å². The summed E-state index contributed by atoms with van der Waals surface area (Å²) in [5.41, 5.74) is 5.91. The van der Waals surface area contributed by atoms with Crippen molar-refractivity contribution in [1.29, 1.82) is 0 Å². The SMILES string of the molecule is COC(=O)c1ccc(N)cc1S(=O)(=O)NC(C)C1CCC1. The minimum Gasteiger partial charge on any atom is -0.465 e. The molecule has 0 spiro atoms. The Labute approximate surface area is 124 Å². The summed E-state index contributed by atoms with van der Waals surface area (Å²) in [6, 6.07) is 3.95. The first-order valence-corrected chi connectivity index (χ1v) is 8.33. The number of hydrogen-bond acceptors (Lipinski definition) is 5. The summed E-state index contributed by atoms with van der Waals surface area (Å²) in [7, 11) is -2.61. The molecule has 1 atom stereocenters. The Bertz CT molecular complexity index is 638. The minimum atomic E-state index is -3.82. The van der Waals surface area contributed by atoms with Gasteiger partial charge in [0.15, 0.2) is 0 Å². The fraction of sp³-hybridized carbons (Fsp3) is 0.500. The van der Waals surface area contributed by atoms with Crippen molar-refractivity contribution in [2.24, 2.45) is 5.92 Å². The van der Waals surface area contributed by atoms with Gasteiger partial charge < -0.3 is 10.5 Å². The number of carbonyl (C=O) groups is 1. The lowest BCUT2D eigenvalue weighted by Crippen LogP contribution is -2.41. The molecule has 1 saturated carbocycles. The van der Waals surface area contributed by atoms with Crippen molar-refractivity contribution in [2.75, 3.05) is 12.8 Å². The van der Waals surface area contributed by atoms with Gasteiger partial charge >= 0.3 is 5.97 Å². The first-order chi connectivity index (χ1) is 9.85. The highest BCUT2D eigenvalue weighted by atomic mass is 32.2. The Morgan fingerprint density at radius 1 is 1.43 bits per heavy atom. The van der Waals surface area contributed by atoms with Gasteiger partial charge in [0, 0.05) is 11.7 Å². The Morgan fingerprint density at radius 2 is 2.10 bits per heavy atom. The molecule has 116 valence electrons. The van der Waals surface area contributed by atoms with Crippen LogP contribution < -0.4 is 10.5 Å². The van der Waals surface area contributed by atoms with E-state index in [2.05, 4.69) is 9.46 Å². The van der Waals surface area contributed by atoms with Crippen molar-refractivity contribution < 1.29 is 17.9 Å². The fourth-order valence-corrected chi connectivity index (χ4v) is 3.93. The van der Waals surface area contributed by atoms with Crippen molar-refractivity contribution >= 4 is 21.7 Å². The van der Waals surface area contributed by atoms with Crippen LogP contribution in [0.4, 0.5) is 5.69 Å². The van der Waals surface area contributed by atoms with Crippen LogP contribution in [-0.4, -0.2) is 27.5 Å². The van der Waals surface area contributed by atoms with Gasteiger partial charge in [-0.25, -0.2) is 17.9 Å². The highest BCUT2D eigenvalue weighted by molar-refractivity contribution is 7.89. The second-order valence-corrected chi connectivity index (χ2v) is 7.03. The first-order valence-electron chi connectivity index (χ1n) is 6.85. The van der Waals surface area contributed by atoms with Crippen LogP contribution in [0.3, 0.4) is 0 Å². The summed E-state index contributed by atoms with van der Waals surface area (Å²) in [5.74, 6) is -0.353. The van der Waals surface area contributed by atoms with Crippen molar-refractivity contribution in [1.82, 2.24) is 4.72 Å². The van der Waals surface area contributed by atoms with E-state index in [1.807, 2.05) is 6.92 Å². The van der Waals surface area contributed by atoms with Gasteiger partial charge in [0.05, 0.1) is 17.6 Å². The maximum absolute atomic E-state index is 12.5. The fourth-order valence-electron chi connectivity index (χ4n) is 2.38. The molecular weight excluding hydrogens is 292 g/mol. The Balaban J connectivity index is 2.33. The topological polar surface area (TPSA) is 98.5 Å². The van der Waals surface area contributed by atoms with Gasteiger partial charge in [-0.05, 0) is 43.9 Å². The normalized spacial score (nSPS) is 17.0. The molecule has 1 aliphatic rings. The summed E-state index contributed by atoms with van der Waals surface area (Å²) < 4.78 is 32.3. The molecule has 21 heavy (non-hydrogen) atoms. The van der Waals surface area contributed by atoms with Crippen LogP contribution in [0.15, 0.2) is 23.1 Å². The third-order valence-electron chi connectivity index (χ3n) is 3.90. The Hall–Kier alpha value is -1.60. The summed E-state index contributed by atoms with van der Waals surface area (Å²) in [5, 5.41) is 0. The monoisotopic (exact) mass is 312 g/mol. The van der Waals surface area contributed by atoms with E-state index in [4.69, 9.17) is 5.73 Å². The lowest BCUT2D eigenvalue weighted by atomic mass is 9.81. The average Bonchev–Trinajstić information content (AvgIpc) is 2.35. The molecule has 0 aliphatic heterocycles. The standard InChI is InChI=1S/C14H20N2O4S/c1-9(10-4-3-5-10)16-21(18,19)13-8-11(15)6-7-12(13)14(17)20-2/h6-10,16H,3-5,15H2,1-2H3. The summed E-state index contributed by atoms with van der Waals surface area (Å²) in [4.78, 5) is 11.6. The molecule has 0 radical (unpaired) electrons. The zero-order valence-electron chi connectivity index (χ0n) is 12.1. The molecule has 0 aromatic heterocycles. The van der Waals surface area contributed by atoms with Crippen LogP contribution >= 0.6 is 0 Å². The Kier molecular flexibility index (Phi) is 4.53. The van der Waals surface area contributed by atoms with Crippen molar-refractivity contribution in [2.45, 2.75) is 37.1 Å². The number of methoxy groups -OCH3 is 1. The molecule has 1 aliphatic carbocycles. The molecule has 7 heteroatoms. The van der Waals surface area contributed by atoms with Crippen molar-refractivity contribution in [3.63, 3.8) is 0 Å². The van der Waals surface area contributed by atoms with Gasteiger partial charge in [-0.1, -0.05) is 6.42 Å². The van der Waals surface area contributed by atoms with Crippen molar-refractivity contribution in [3.05, 3.63) is 23.8 Å². The van der Waals surface area contributed by atoms with Crippen molar-refractivity contribution in [3.8, 4) is 0 Å². The second kappa shape index (κ2) is 6.03. The first kappa shape index (κ1) is 15.8. The molecule has 0 heterocycles. The zero-order chi connectivity index (χ0) is 15.6. The Morgan fingerprint density at radius 3 is 2.62 bits per heavy atom. The number of carbonyl (C=O) groups excluding carboxylic acids is 1. The number of benzene rings is 1. The number of nitrogens with one attached hydrogen (secondary N) is 1. The lowest BCUT2D eigenvalue weighted by molar-refractivity contribution is 0.0596. The predicted molar refractivity (Wildman–Crippen MR) is 79.3 cm³/mol. The molecule has 1 aromatic rings. The van der Waals surface area contributed by atoms with Gasteiger partial charge in [-0.15, -0.1) is 0 Å². The lowest BCUT2D eigenvalue weighted by Gasteiger charge is -2.31. The van der Waals surface area contributed by atoms with Crippen LogP contribution in [0.1, 0.15) is 36.5 Å². The van der Waals surface area contributed by atoms with Gasteiger partial charge in [-0.3, -0.25) is 0 Å². The average molecular weight is 312 g/mol. The van der Waals surface area contributed by atoms with Gasteiger partial charge in [-0.2, -0.15) is 0 Å². The number of hydrogen-bond donors (Lipinski definition) is 2. The third-order valence-corrected chi connectivity index (χ3v) is 5.50. The van der Waals surface area contributed by atoms with E-state index in [1.54, 1.807) is 0 Å². The predicted octanol–water partition coefficient (Wildman–Crippen LogP) is 1.52. The van der Waals surface area contributed by atoms with E-state index in [1.165, 1.54) is 25.3 Å². The van der Waals surface area contributed by atoms with Crippen LogP contribution in [0.2, 0.25) is 0 Å². The summed E-state index contributed by atoms with van der Waals surface area (Å²) in [6.07, 6.45) is 3.16. The van der Waals surface area contributed by atoms with Gasteiger partial charge in [0.2, 0.25) is 10.0 Å². The quantitative estimate of drug-likeness (QED) is 0.634. The molecule has 1 unspecified atom stereocenters. The van der Waals surface area contributed by atoms with Crippen LogP contribution in [0, 0.1) is 5.92 Å². The number of esters is 1. The second-order valence-electron chi connectivity index (χ2n) is 5.35. The van der Waals surface area contributed by atoms with E-state index in [0.717, 1.165) is 19.3 Å². The van der Waals surface area contributed by atoms with Crippen LogP contribution in [0.25, 0.3) is 0 Å². The number of anilines is 1. The molecule has 3 N–H and O–H groups in total. The number of ether oxygens (including phenoxy) is 1. The smallest absolute Gasteiger partial charge is 0.339 e. The number of sulfonamides is 1. The molecule has 6 nitrogen and oxygen atoms in total. The van der Waals surface area contributed by atoms with Crippen LogP contribution in [-0.2, 0) is 14.8 Å². The van der Waals surface area contributed by atoms with E-state index in [0.29, 0.717) is 5.92 Å². The summed E-state index contributed by atoms with van der Waals surface area (Å²) >= 11 is 0. The van der Waals surface area contributed by atoms with Gasteiger partial charge in [0.25, 0.3) is 0 Å². The third kappa shape index (κ3) is 3.36. The largest absolute Gasteiger partial charge is 0.465 e. The van der Waals surface area contributed by atoms with Crippen LogP contribution in [0.5, 0.6) is 0 Å². The molecule has 0 amide bonds. The van der Waals surface area contributed by atoms with E-state index in [-0.39, 0.29) is 22.2 Å². The number of nitrogens with two attached hydrogens (primary N) is 1. The highest BCUT2D eigenvalue weighted by Gasteiger charge is 2.30. The highest BCUT2D eigenvalue weighted by Crippen LogP contribution is 2.30. The molecule has 2 rings (SSSR count). The van der Waals surface area contributed by atoms with E-state index < -0.39 is 16.0 Å². The zero-order valence-corrected chi connectivity index (χ0v) is 12.9. The maximum Gasteiger partial charge on any atom is 0.339 e. The molecule has 1 aromatic carbocycles.